The summed E-state index contributed by atoms with van der Waals surface area (Å²) in [4.78, 5) is 9.30. The molecule has 1 N–H and O–H groups in total. The van der Waals surface area contributed by atoms with Gasteiger partial charge in [0.15, 0.2) is 0 Å². The van der Waals surface area contributed by atoms with Gasteiger partial charge in [-0.3, -0.25) is 9.88 Å². The first kappa shape index (κ1) is 18.8. The van der Waals surface area contributed by atoms with Crippen molar-refractivity contribution in [3.8, 4) is 0 Å². The topological polar surface area (TPSA) is 65.5 Å². The predicted octanol–water partition coefficient (Wildman–Crippen LogP) is 0.816. The van der Waals surface area contributed by atoms with Crippen molar-refractivity contribution in [2.75, 3.05) is 46.0 Å². The SMILES string of the molecule is CN(CCc1ccccn1)C[C@@H]1CN2CC[C@H]1C[C@@H]2CNS(C)(=O)=O. The molecule has 0 radical (unpaired) electrons. The average Bonchev–Trinajstić information content (AvgIpc) is 2.59. The number of pyridine rings is 1. The van der Waals surface area contributed by atoms with Crippen molar-refractivity contribution in [2.24, 2.45) is 11.8 Å². The largest absolute Gasteiger partial charge is 0.306 e. The van der Waals surface area contributed by atoms with Gasteiger partial charge in [0.05, 0.1) is 6.26 Å². The van der Waals surface area contributed by atoms with Gasteiger partial charge in [-0.15, -0.1) is 0 Å². The minimum Gasteiger partial charge on any atom is -0.306 e. The molecule has 3 aliphatic heterocycles. The van der Waals surface area contributed by atoms with Crippen LogP contribution in [0.2, 0.25) is 0 Å². The number of rotatable bonds is 8. The van der Waals surface area contributed by atoms with Gasteiger partial charge in [-0.25, -0.2) is 13.1 Å². The lowest BCUT2D eigenvalue weighted by Gasteiger charge is -2.50. The molecule has 3 fully saturated rings. The summed E-state index contributed by atoms with van der Waals surface area (Å²) in [5, 5.41) is 0. The summed E-state index contributed by atoms with van der Waals surface area (Å²) in [6.07, 6.45) is 6.44. The van der Waals surface area contributed by atoms with Crippen LogP contribution in [-0.4, -0.2) is 75.3 Å². The Bertz CT molecular complexity index is 652. The third kappa shape index (κ3) is 5.48. The fourth-order valence-corrected chi connectivity index (χ4v) is 4.75. The number of aromatic nitrogens is 1. The molecule has 4 heterocycles. The van der Waals surface area contributed by atoms with Crippen molar-refractivity contribution in [1.29, 1.82) is 0 Å². The molecule has 2 bridgehead atoms. The third-order valence-corrected chi connectivity index (χ3v) is 6.31. The highest BCUT2D eigenvalue weighted by molar-refractivity contribution is 7.88. The molecule has 0 spiro atoms. The zero-order valence-electron chi connectivity index (χ0n) is 15.3. The van der Waals surface area contributed by atoms with Crippen LogP contribution in [0, 0.1) is 11.8 Å². The van der Waals surface area contributed by atoms with Crippen LogP contribution < -0.4 is 4.72 Å². The average molecular weight is 367 g/mol. The second-order valence-electron chi connectivity index (χ2n) is 7.65. The predicted molar refractivity (Wildman–Crippen MR) is 99.9 cm³/mol. The van der Waals surface area contributed by atoms with E-state index in [1.54, 1.807) is 0 Å². The molecule has 0 amide bonds. The van der Waals surface area contributed by atoms with Crippen LogP contribution in [0.5, 0.6) is 0 Å². The zero-order valence-corrected chi connectivity index (χ0v) is 16.1. The fraction of sp³-hybridized carbons (Fsp3) is 0.722. The van der Waals surface area contributed by atoms with Crippen LogP contribution in [-0.2, 0) is 16.4 Å². The zero-order chi connectivity index (χ0) is 17.9. The number of hydrogen-bond donors (Lipinski definition) is 1. The molecule has 7 heteroatoms. The normalized spacial score (nSPS) is 29.2. The van der Waals surface area contributed by atoms with E-state index in [-0.39, 0.29) is 0 Å². The van der Waals surface area contributed by atoms with E-state index in [0.29, 0.717) is 24.4 Å². The van der Waals surface area contributed by atoms with Crippen molar-refractivity contribution in [3.63, 3.8) is 0 Å². The molecule has 140 valence electrons. The number of likely N-dealkylation sites (N-methyl/N-ethyl adjacent to an activating group) is 1. The fourth-order valence-electron chi connectivity index (χ4n) is 4.26. The molecule has 3 saturated heterocycles. The first-order chi connectivity index (χ1) is 11.9. The molecule has 4 atom stereocenters. The van der Waals surface area contributed by atoms with E-state index in [1.807, 2.05) is 18.3 Å². The highest BCUT2D eigenvalue weighted by atomic mass is 32.2. The van der Waals surface area contributed by atoms with Gasteiger partial charge in [-0.05, 0) is 50.4 Å². The van der Waals surface area contributed by atoms with Crippen LogP contribution in [0.25, 0.3) is 0 Å². The summed E-state index contributed by atoms with van der Waals surface area (Å²) in [7, 11) is -0.900. The number of piperidine rings is 3. The van der Waals surface area contributed by atoms with Gasteiger partial charge in [0.2, 0.25) is 10.0 Å². The number of nitrogens with zero attached hydrogens (tertiary/aromatic N) is 3. The Kier molecular flexibility index (Phi) is 6.09. The minimum atomic E-state index is -3.10. The Morgan fingerprint density at radius 1 is 1.40 bits per heavy atom. The Morgan fingerprint density at radius 3 is 2.88 bits per heavy atom. The maximum Gasteiger partial charge on any atom is 0.208 e. The highest BCUT2D eigenvalue weighted by Crippen LogP contribution is 2.36. The first-order valence-corrected chi connectivity index (χ1v) is 11.1. The molecule has 6 nitrogen and oxygen atoms in total. The van der Waals surface area contributed by atoms with Gasteiger partial charge in [0.1, 0.15) is 0 Å². The van der Waals surface area contributed by atoms with Gasteiger partial charge in [-0.2, -0.15) is 0 Å². The lowest BCUT2D eigenvalue weighted by atomic mass is 9.75. The van der Waals surface area contributed by atoms with Crippen molar-refractivity contribution in [1.82, 2.24) is 19.5 Å². The number of hydrogen-bond acceptors (Lipinski definition) is 5. The number of fused-ring (bicyclic) bond motifs is 3. The second-order valence-corrected chi connectivity index (χ2v) is 9.48. The first-order valence-electron chi connectivity index (χ1n) is 9.18. The molecular weight excluding hydrogens is 336 g/mol. The van der Waals surface area contributed by atoms with Crippen molar-refractivity contribution >= 4 is 10.0 Å². The maximum absolute atomic E-state index is 11.3. The lowest BCUT2D eigenvalue weighted by Crippen LogP contribution is -2.58. The molecule has 1 aromatic rings. The van der Waals surface area contributed by atoms with Crippen LogP contribution in [0.15, 0.2) is 24.4 Å². The molecule has 3 aliphatic rings. The second kappa shape index (κ2) is 8.12. The smallest absolute Gasteiger partial charge is 0.208 e. The summed E-state index contributed by atoms with van der Waals surface area (Å²) in [5.41, 5.74) is 1.15. The third-order valence-electron chi connectivity index (χ3n) is 5.62. The Labute approximate surface area is 151 Å². The van der Waals surface area contributed by atoms with Gasteiger partial charge < -0.3 is 4.90 Å². The molecule has 25 heavy (non-hydrogen) atoms. The van der Waals surface area contributed by atoms with Gasteiger partial charge in [0, 0.05) is 50.5 Å². The van der Waals surface area contributed by atoms with E-state index < -0.39 is 10.0 Å². The highest BCUT2D eigenvalue weighted by Gasteiger charge is 2.40. The van der Waals surface area contributed by atoms with E-state index in [0.717, 1.165) is 44.7 Å². The van der Waals surface area contributed by atoms with E-state index in [2.05, 4.69) is 32.6 Å². The van der Waals surface area contributed by atoms with Gasteiger partial charge in [0.25, 0.3) is 0 Å². The monoisotopic (exact) mass is 366 g/mol. The number of nitrogens with one attached hydrogen (secondary N) is 1. The Morgan fingerprint density at radius 2 is 2.24 bits per heavy atom. The van der Waals surface area contributed by atoms with E-state index >= 15 is 0 Å². The van der Waals surface area contributed by atoms with Crippen molar-refractivity contribution in [2.45, 2.75) is 25.3 Å². The van der Waals surface area contributed by atoms with Crippen molar-refractivity contribution < 1.29 is 8.42 Å². The molecule has 0 aromatic carbocycles. The molecule has 1 unspecified atom stereocenters. The lowest BCUT2D eigenvalue weighted by molar-refractivity contribution is -0.00734. The summed E-state index contributed by atoms with van der Waals surface area (Å²) in [5.74, 6) is 1.41. The molecule has 4 rings (SSSR count). The molecule has 0 saturated carbocycles. The summed E-state index contributed by atoms with van der Waals surface area (Å²) in [6, 6.07) is 6.45. The van der Waals surface area contributed by atoms with Crippen LogP contribution in [0.3, 0.4) is 0 Å². The van der Waals surface area contributed by atoms with Crippen LogP contribution in [0.1, 0.15) is 18.5 Å². The van der Waals surface area contributed by atoms with Crippen molar-refractivity contribution in [3.05, 3.63) is 30.1 Å². The standard InChI is InChI=1S/C18H30N4O2S/c1-21(9-7-17-5-3-4-8-19-17)13-16-14-22-10-6-15(16)11-18(22)12-20-25(2,23)24/h3-5,8,15-16,18,20H,6-7,9-14H2,1-2H3/t15-,16+,18+/m0/s1. The van der Waals surface area contributed by atoms with Gasteiger partial charge in [-0.1, -0.05) is 6.07 Å². The summed E-state index contributed by atoms with van der Waals surface area (Å²) < 4.78 is 25.4. The number of sulfonamides is 1. The molecule has 0 aliphatic carbocycles. The van der Waals surface area contributed by atoms with E-state index in [1.165, 1.54) is 12.7 Å². The van der Waals surface area contributed by atoms with Gasteiger partial charge >= 0.3 is 0 Å². The summed E-state index contributed by atoms with van der Waals surface area (Å²) >= 11 is 0. The molecular formula is C18H30N4O2S. The van der Waals surface area contributed by atoms with Crippen LogP contribution >= 0.6 is 0 Å². The summed E-state index contributed by atoms with van der Waals surface area (Å²) in [6.45, 7) is 4.89. The van der Waals surface area contributed by atoms with Crippen LogP contribution in [0.4, 0.5) is 0 Å². The minimum absolute atomic E-state index is 0.364. The van der Waals surface area contributed by atoms with E-state index in [4.69, 9.17) is 0 Å². The Balaban J connectivity index is 1.45. The molecule has 1 aromatic heterocycles. The Hall–Kier alpha value is -1.02. The quantitative estimate of drug-likeness (QED) is 0.738. The van der Waals surface area contributed by atoms with E-state index in [9.17, 15) is 8.42 Å². The maximum atomic E-state index is 11.3.